The summed E-state index contributed by atoms with van der Waals surface area (Å²) in [6.45, 7) is 1.04. The molecule has 2 aromatic rings. The van der Waals surface area contributed by atoms with E-state index in [0.29, 0.717) is 22.8 Å². The van der Waals surface area contributed by atoms with Crippen LogP contribution < -0.4 is 10.9 Å². The molecule has 0 radical (unpaired) electrons. The third-order valence-corrected chi connectivity index (χ3v) is 7.37. The summed E-state index contributed by atoms with van der Waals surface area (Å²) >= 11 is 30.2. The Morgan fingerprint density at radius 2 is 1.41 bits per heavy atom. The number of benzene rings is 2. The van der Waals surface area contributed by atoms with E-state index in [-0.39, 0.29) is 43.2 Å². The zero-order chi connectivity index (χ0) is 27.4. The van der Waals surface area contributed by atoms with Crippen LogP contribution in [0.2, 0.25) is 25.1 Å². The summed E-state index contributed by atoms with van der Waals surface area (Å²) in [5.41, 5.74) is 3.94. The van der Waals surface area contributed by atoms with Gasteiger partial charge in [0.2, 0.25) is 0 Å². The number of unbranched alkanes of at least 4 members (excludes halogenated alkanes) is 1. The van der Waals surface area contributed by atoms with E-state index in [0.717, 1.165) is 0 Å². The highest BCUT2D eigenvalue weighted by Gasteiger charge is 2.47. The lowest BCUT2D eigenvalue weighted by molar-refractivity contribution is -0.152. The third-order valence-electron chi connectivity index (χ3n) is 5.31. The second-order valence-electron chi connectivity index (χ2n) is 7.76. The number of hydrazine groups is 1. The molecule has 4 amide bonds. The molecule has 0 saturated carbocycles. The van der Waals surface area contributed by atoms with Crippen molar-refractivity contribution in [1.29, 1.82) is 0 Å². The van der Waals surface area contributed by atoms with Crippen LogP contribution in [0.15, 0.2) is 24.3 Å². The van der Waals surface area contributed by atoms with Crippen molar-refractivity contribution in [2.24, 2.45) is 0 Å². The molecule has 1 aliphatic heterocycles. The Hall–Kier alpha value is -2.56. The first-order chi connectivity index (χ1) is 17.5. The quantitative estimate of drug-likeness (QED) is 0.141. The van der Waals surface area contributed by atoms with E-state index in [1.807, 2.05) is 6.92 Å². The summed E-state index contributed by atoms with van der Waals surface area (Å²) < 4.78 is 5.05. The van der Waals surface area contributed by atoms with Gasteiger partial charge in [0.05, 0.1) is 31.2 Å². The normalized spacial score (nSPS) is 13.3. The van der Waals surface area contributed by atoms with Gasteiger partial charge in [-0.1, -0.05) is 77.8 Å². The maximum Gasteiger partial charge on any atom is 0.329 e. The number of ether oxygens (including phenoxy) is 1. The van der Waals surface area contributed by atoms with Crippen LogP contribution in [0.4, 0.5) is 0 Å². The summed E-state index contributed by atoms with van der Waals surface area (Å²) in [5.74, 6) is -4.32. The first kappa shape index (κ1) is 29.0. The molecule has 2 N–H and O–H groups in total. The molecule has 196 valence electrons. The Bertz CT molecular complexity index is 1240. The lowest BCUT2D eigenvalue weighted by Crippen LogP contribution is -2.47. The number of amides is 4. The number of esters is 1. The van der Waals surface area contributed by atoms with Gasteiger partial charge in [-0.05, 0) is 30.7 Å². The number of rotatable bonds is 8. The first-order valence-electron chi connectivity index (χ1n) is 10.7. The predicted molar refractivity (Wildman–Crippen MR) is 138 cm³/mol. The Kier molecular flexibility index (Phi) is 9.66. The minimum Gasteiger partial charge on any atom is -0.454 e. The lowest BCUT2D eigenvalue weighted by atomic mass is 10.1. The SMILES string of the molecule is CCCC[C@@H](C(=O)OCC(=O)NNC(=O)c1ccc(Cl)cc1)N1C(=O)c2c(Cl)c(Cl)c(Cl)c(Cl)c2C1=O. The summed E-state index contributed by atoms with van der Waals surface area (Å²) in [6.07, 6.45) is 1.12. The average molecular weight is 610 g/mol. The molecular weight excluding hydrogens is 592 g/mol. The van der Waals surface area contributed by atoms with Crippen LogP contribution >= 0.6 is 58.0 Å². The first-order valence-corrected chi connectivity index (χ1v) is 12.6. The number of nitrogens with zero attached hydrogens (tertiary/aromatic N) is 1. The van der Waals surface area contributed by atoms with Crippen molar-refractivity contribution in [3.8, 4) is 0 Å². The molecule has 3 rings (SSSR count). The van der Waals surface area contributed by atoms with Crippen LogP contribution in [-0.4, -0.2) is 47.1 Å². The van der Waals surface area contributed by atoms with Gasteiger partial charge in [0, 0.05) is 10.6 Å². The monoisotopic (exact) mass is 607 g/mol. The van der Waals surface area contributed by atoms with Crippen molar-refractivity contribution in [3.63, 3.8) is 0 Å². The number of fused-ring (bicyclic) bond motifs is 1. The number of halogens is 5. The maximum atomic E-state index is 13.1. The van der Waals surface area contributed by atoms with Crippen molar-refractivity contribution < 1.29 is 28.7 Å². The van der Waals surface area contributed by atoms with Crippen molar-refractivity contribution in [3.05, 3.63) is 66.1 Å². The summed E-state index contributed by atoms with van der Waals surface area (Å²) in [7, 11) is 0. The second kappa shape index (κ2) is 12.3. The van der Waals surface area contributed by atoms with Crippen LogP contribution in [0.25, 0.3) is 0 Å². The van der Waals surface area contributed by atoms with Gasteiger partial charge in [0.15, 0.2) is 6.61 Å². The molecule has 0 aromatic heterocycles. The topological polar surface area (TPSA) is 122 Å². The molecule has 0 fully saturated rings. The van der Waals surface area contributed by atoms with Crippen molar-refractivity contribution in [1.82, 2.24) is 15.8 Å². The summed E-state index contributed by atoms with van der Waals surface area (Å²) in [5, 5.41) is -0.533. The van der Waals surface area contributed by atoms with Gasteiger partial charge in [0.25, 0.3) is 23.6 Å². The Labute approximate surface area is 236 Å². The van der Waals surface area contributed by atoms with Gasteiger partial charge in [-0.25, -0.2) is 4.79 Å². The van der Waals surface area contributed by atoms with E-state index >= 15 is 0 Å². The standard InChI is InChI=1S/C23H18Cl5N3O6/c1-2-3-4-12(31-21(34)14-15(22(31)35)17(26)19(28)18(27)16(14)25)23(36)37-9-13(32)29-30-20(33)10-5-7-11(24)8-6-10/h5-8,12H,2-4,9H2,1H3,(H,29,32)(H,30,33)/t12-/m0/s1. The number of nitrogens with one attached hydrogen (secondary N) is 2. The largest absolute Gasteiger partial charge is 0.454 e. The molecule has 2 aromatic carbocycles. The van der Waals surface area contributed by atoms with Gasteiger partial charge >= 0.3 is 5.97 Å². The van der Waals surface area contributed by atoms with Gasteiger partial charge in [-0.15, -0.1) is 0 Å². The second-order valence-corrected chi connectivity index (χ2v) is 9.71. The average Bonchev–Trinajstić information content (AvgIpc) is 3.14. The Morgan fingerprint density at radius 3 is 1.92 bits per heavy atom. The molecule has 37 heavy (non-hydrogen) atoms. The zero-order valence-electron chi connectivity index (χ0n) is 19.0. The van der Waals surface area contributed by atoms with E-state index in [1.54, 1.807) is 0 Å². The van der Waals surface area contributed by atoms with E-state index in [2.05, 4.69) is 10.9 Å². The van der Waals surface area contributed by atoms with Gasteiger partial charge in [-0.3, -0.25) is 34.9 Å². The zero-order valence-corrected chi connectivity index (χ0v) is 22.8. The van der Waals surface area contributed by atoms with Gasteiger partial charge < -0.3 is 4.74 Å². The maximum absolute atomic E-state index is 13.1. The predicted octanol–water partition coefficient (Wildman–Crippen LogP) is 5.11. The number of hydrogen-bond donors (Lipinski definition) is 2. The van der Waals surface area contributed by atoms with Crippen LogP contribution in [-0.2, 0) is 14.3 Å². The highest BCUT2D eigenvalue weighted by molar-refractivity contribution is 6.55. The fraction of sp³-hybridized carbons (Fsp3) is 0.261. The van der Waals surface area contributed by atoms with Gasteiger partial charge in [0.1, 0.15) is 6.04 Å². The smallest absolute Gasteiger partial charge is 0.329 e. The van der Waals surface area contributed by atoms with Crippen LogP contribution in [0.3, 0.4) is 0 Å². The van der Waals surface area contributed by atoms with Crippen molar-refractivity contribution >= 4 is 87.6 Å². The number of carbonyl (C=O) groups excluding carboxylic acids is 5. The van der Waals surface area contributed by atoms with E-state index in [1.165, 1.54) is 24.3 Å². The highest BCUT2D eigenvalue weighted by atomic mass is 35.5. The molecule has 14 heteroatoms. The third kappa shape index (κ3) is 6.13. The molecule has 9 nitrogen and oxygen atoms in total. The Balaban J connectivity index is 1.70. The highest BCUT2D eigenvalue weighted by Crippen LogP contribution is 2.45. The summed E-state index contributed by atoms with van der Waals surface area (Å²) in [4.78, 5) is 64.1. The van der Waals surface area contributed by atoms with Crippen LogP contribution in [0, 0.1) is 0 Å². The van der Waals surface area contributed by atoms with E-state index in [4.69, 9.17) is 62.7 Å². The van der Waals surface area contributed by atoms with Crippen LogP contribution in [0.1, 0.15) is 57.3 Å². The molecule has 0 aliphatic carbocycles. The molecule has 1 aliphatic rings. The minimum absolute atomic E-state index is 0.0480. The molecule has 1 heterocycles. The number of imide groups is 1. The molecular formula is C23H18Cl5N3O6. The Morgan fingerprint density at radius 1 is 0.865 bits per heavy atom. The van der Waals surface area contributed by atoms with Gasteiger partial charge in [-0.2, -0.15) is 0 Å². The fourth-order valence-corrected chi connectivity index (χ4v) is 4.61. The minimum atomic E-state index is -1.38. The van der Waals surface area contributed by atoms with Crippen molar-refractivity contribution in [2.75, 3.05) is 6.61 Å². The molecule has 1 atom stereocenters. The lowest BCUT2D eigenvalue weighted by Gasteiger charge is -2.24. The molecule has 0 bridgehead atoms. The van der Waals surface area contributed by atoms with Crippen molar-refractivity contribution in [2.45, 2.75) is 32.2 Å². The van der Waals surface area contributed by atoms with E-state index < -0.39 is 42.2 Å². The fourth-order valence-electron chi connectivity index (χ4n) is 3.47. The number of carbonyl (C=O) groups is 5. The van der Waals surface area contributed by atoms with Crippen LogP contribution in [0.5, 0.6) is 0 Å². The summed E-state index contributed by atoms with van der Waals surface area (Å²) in [6, 6.07) is 4.51. The molecule has 0 spiro atoms. The number of hydrogen-bond acceptors (Lipinski definition) is 6. The molecule has 0 unspecified atom stereocenters. The van der Waals surface area contributed by atoms with E-state index in [9.17, 15) is 24.0 Å². The molecule has 0 saturated heterocycles.